The van der Waals surface area contributed by atoms with Crippen LogP contribution in [0.2, 0.25) is 0 Å². The molecule has 2 N–H and O–H groups in total. The highest BCUT2D eigenvalue weighted by Crippen LogP contribution is 2.61. The Morgan fingerprint density at radius 3 is 1.44 bits per heavy atom. The van der Waals surface area contributed by atoms with E-state index in [0.29, 0.717) is 45.2 Å². The molecule has 0 aromatic heterocycles. The molecule has 2 aliphatic carbocycles. The van der Waals surface area contributed by atoms with Crippen molar-refractivity contribution in [2.45, 2.75) is 217 Å². The van der Waals surface area contributed by atoms with Crippen LogP contribution in [-0.4, -0.2) is 201 Å². The maximum Gasteiger partial charge on any atom is 0.408 e. The standard InChI is InChI=1S/C33H49N3O6.C31H51N3O6/c1-22(2)12-13-26-32(5,42-26)29-28(39-6)25(14-15-33(29)21-40-33)41-31(38)34-27(23(3)4)30(37)36-18-16-35(17-19-36)20-24-10-8-7-9-11-24;1-20(2)9-10-24-30(5,40-24)27-26(37-6)23(11-14-31(27)19-38-31)39-29(36)32-25(21(3)4)28(35)34-17-12-22(13-18-34)33-15-7-8-16-33/h7-12,23,25-29H,13-21H2,1-6H3,(H,34,38);9,21-27H,7-8,10-19H2,1-6H3,(H,32,36)/t25-,26-,27-,28?,29-,32+,33+;23-,24-,25-,26?,27-,30+,31+/m11/s1. The minimum absolute atomic E-state index is 0.0111. The van der Waals surface area contributed by atoms with Crippen molar-refractivity contribution in [1.29, 1.82) is 0 Å². The molecule has 14 atom stereocenters. The van der Waals surface area contributed by atoms with Gasteiger partial charge in [0.15, 0.2) is 0 Å². The number of likely N-dealkylation sites (tertiary alicyclic amines) is 2. The van der Waals surface area contributed by atoms with Crippen LogP contribution in [-0.2, 0) is 54.0 Å². The lowest BCUT2D eigenvalue weighted by Gasteiger charge is -2.43. The third-order valence-electron chi connectivity index (χ3n) is 19.8. The van der Waals surface area contributed by atoms with Crippen molar-refractivity contribution in [1.82, 2.24) is 30.2 Å². The van der Waals surface area contributed by atoms with Crippen LogP contribution in [0.5, 0.6) is 0 Å². The first kappa shape index (κ1) is 62.4. The molecular weight excluding hydrogens is 1040 g/mol. The fraction of sp³-hybridized carbons (Fsp3) is 0.781. The van der Waals surface area contributed by atoms with Crippen LogP contribution in [0.1, 0.15) is 139 Å². The number of allylic oxidation sites excluding steroid dienone is 2. The first-order chi connectivity index (χ1) is 39.1. The maximum absolute atomic E-state index is 13.6. The Balaban J connectivity index is 0.000000198. The van der Waals surface area contributed by atoms with Crippen molar-refractivity contribution < 1.29 is 57.1 Å². The van der Waals surface area contributed by atoms with Gasteiger partial charge in [0.25, 0.3) is 0 Å². The average Bonchev–Trinajstić information content (AvgIpc) is 2.67. The molecule has 7 saturated heterocycles. The van der Waals surface area contributed by atoms with E-state index in [1.54, 1.807) is 14.2 Å². The van der Waals surface area contributed by atoms with Crippen molar-refractivity contribution in [2.24, 2.45) is 23.7 Å². The van der Waals surface area contributed by atoms with E-state index in [0.717, 1.165) is 71.2 Å². The summed E-state index contributed by atoms with van der Waals surface area (Å²) in [6.45, 7) is 29.4. The lowest BCUT2D eigenvalue weighted by molar-refractivity contribution is -0.137. The van der Waals surface area contributed by atoms with Crippen LogP contribution in [0.15, 0.2) is 53.6 Å². The molecule has 0 radical (unpaired) electrons. The van der Waals surface area contributed by atoms with Gasteiger partial charge in [-0.05, 0) is 136 Å². The summed E-state index contributed by atoms with van der Waals surface area (Å²) < 4.78 is 48.7. The molecule has 7 heterocycles. The van der Waals surface area contributed by atoms with Crippen LogP contribution in [0.3, 0.4) is 0 Å². The monoisotopic (exact) mass is 1140 g/mol. The molecule has 458 valence electrons. The average molecular weight is 1150 g/mol. The summed E-state index contributed by atoms with van der Waals surface area (Å²) in [6.07, 6.45) is 11.0. The van der Waals surface area contributed by atoms with E-state index in [1.165, 1.54) is 42.6 Å². The number of nitrogens with one attached hydrogen (secondary N) is 2. The molecular formula is C64H100N6O12. The van der Waals surface area contributed by atoms with Gasteiger partial charge in [-0.2, -0.15) is 0 Å². The molecule has 2 spiro atoms. The zero-order valence-corrected chi connectivity index (χ0v) is 51.6. The smallest absolute Gasteiger partial charge is 0.408 e. The van der Waals surface area contributed by atoms with Crippen LogP contribution in [0, 0.1) is 23.7 Å². The first-order valence-electron chi connectivity index (χ1n) is 31.1. The van der Waals surface area contributed by atoms with Crippen LogP contribution < -0.4 is 10.6 Å². The predicted octanol–water partition coefficient (Wildman–Crippen LogP) is 8.06. The summed E-state index contributed by atoms with van der Waals surface area (Å²) in [7, 11) is 3.35. The molecule has 82 heavy (non-hydrogen) atoms. The topological polar surface area (TPSA) is 192 Å². The molecule has 0 bridgehead atoms. The lowest BCUT2D eigenvalue weighted by Crippen LogP contribution is -2.58. The Bertz CT molecular complexity index is 2400. The third-order valence-corrected chi connectivity index (χ3v) is 19.8. The van der Waals surface area contributed by atoms with E-state index < -0.39 is 42.1 Å². The van der Waals surface area contributed by atoms with Gasteiger partial charge < -0.3 is 63.2 Å². The molecule has 2 saturated carbocycles. The minimum atomic E-state index is -0.658. The van der Waals surface area contributed by atoms with Gasteiger partial charge in [-0.15, -0.1) is 0 Å². The van der Waals surface area contributed by atoms with Gasteiger partial charge in [0, 0.05) is 66.1 Å². The number of amides is 4. The van der Waals surface area contributed by atoms with Gasteiger partial charge in [-0.3, -0.25) is 14.5 Å². The summed E-state index contributed by atoms with van der Waals surface area (Å²) in [6, 6.07) is 9.68. The summed E-state index contributed by atoms with van der Waals surface area (Å²) in [4.78, 5) is 62.4. The number of carbonyl (C=O) groups is 4. The number of rotatable bonds is 19. The van der Waals surface area contributed by atoms with Crippen LogP contribution >= 0.6 is 0 Å². The SMILES string of the molecule is COC1[C@H](OC(=O)N[C@@H](C(=O)N2CCC(N3CCCC3)CC2)C(C)C)CC[C@]2(CO2)[C@H]1[C@@]1(C)O[C@@H]1CC=C(C)C.COC1[C@H](OC(=O)N[C@@H](C(=O)N2CCN(Cc3ccccc3)CC2)C(C)C)CC[C@]2(CO2)[C@H]1[C@@]1(C)O[C@@H]1CC=C(C)C. The Morgan fingerprint density at radius 2 is 1.05 bits per heavy atom. The predicted molar refractivity (Wildman–Crippen MR) is 312 cm³/mol. The van der Waals surface area contributed by atoms with Crippen molar-refractivity contribution in [3.05, 3.63) is 59.2 Å². The molecule has 10 rings (SSSR count). The second kappa shape index (κ2) is 26.2. The fourth-order valence-electron chi connectivity index (χ4n) is 14.7. The lowest BCUT2D eigenvalue weighted by atomic mass is 9.68. The molecule has 1 aromatic carbocycles. The number of methoxy groups -OCH3 is 2. The summed E-state index contributed by atoms with van der Waals surface area (Å²) in [5.41, 5.74) is 2.45. The number of alkyl carbamates (subject to hydrolysis) is 2. The van der Waals surface area contributed by atoms with Gasteiger partial charge in [0.05, 0.1) is 37.3 Å². The van der Waals surface area contributed by atoms with Crippen LogP contribution in [0.4, 0.5) is 9.59 Å². The first-order valence-corrected chi connectivity index (χ1v) is 31.1. The van der Waals surface area contributed by atoms with Crippen molar-refractivity contribution >= 4 is 24.0 Å². The number of benzene rings is 1. The van der Waals surface area contributed by atoms with E-state index in [1.807, 2.05) is 43.6 Å². The van der Waals surface area contributed by atoms with E-state index in [4.69, 9.17) is 37.9 Å². The number of carbonyl (C=O) groups excluding carboxylic acids is 4. The zero-order valence-electron chi connectivity index (χ0n) is 51.6. The normalized spacial score (nSPS) is 35.0. The molecule has 1 aromatic rings. The molecule has 9 aliphatic rings. The third kappa shape index (κ3) is 14.2. The molecule has 9 fully saturated rings. The highest BCUT2D eigenvalue weighted by molar-refractivity contribution is 5.87. The number of ether oxygens (including phenoxy) is 8. The second-order valence-electron chi connectivity index (χ2n) is 26.8. The molecule has 2 unspecified atom stereocenters. The Hall–Kier alpha value is -4.14. The summed E-state index contributed by atoms with van der Waals surface area (Å²) in [5, 5.41) is 5.84. The van der Waals surface area contributed by atoms with Crippen molar-refractivity contribution in [3.63, 3.8) is 0 Å². The molecule has 4 amide bonds. The van der Waals surface area contributed by atoms with Gasteiger partial charge in [-0.1, -0.05) is 81.3 Å². The van der Waals surface area contributed by atoms with Crippen molar-refractivity contribution in [3.8, 4) is 0 Å². The Labute approximate surface area is 489 Å². The van der Waals surface area contributed by atoms with Crippen LogP contribution in [0.25, 0.3) is 0 Å². The van der Waals surface area contributed by atoms with Gasteiger partial charge in [0.2, 0.25) is 11.8 Å². The fourth-order valence-corrected chi connectivity index (χ4v) is 14.7. The number of hydrogen-bond donors (Lipinski definition) is 2. The number of epoxide rings is 4. The summed E-state index contributed by atoms with van der Waals surface area (Å²) in [5.74, 6) is -0.285. The van der Waals surface area contributed by atoms with Gasteiger partial charge >= 0.3 is 12.2 Å². The molecule has 18 nitrogen and oxygen atoms in total. The van der Waals surface area contributed by atoms with E-state index in [2.05, 4.69) is 98.4 Å². The largest absolute Gasteiger partial charge is 0.443 e. The number of piperazine rings is 1. The van der Waals surface area contributed by atoms with E-state index in [-0.39, 0.29) is 76.7 Å². The van der Waals surface area contributed by atoms with E-state index >= 15 is 0 Å². The number of piperidine rings is 1. The summed E-state index contributed by atoms with van der Waals surface area (Å²) >= 11 is 0. The Morgan fingerprint density at radius 1 is 0.622 bits per heavy atom. The zero-order chi connectivity index (χ0) is 58.7. The Kier molecular flexibility index (Phi) is 20.0. The second-order valence-corrected chi connectivity index (χ2v) is 26.8. The molecule has 7 aliphatic heterocycles. The highest BCUT2D eigenvalue weighted by atomic mass is 16.6. The number of hydrogen-bond acceptors (Lipinski definition) is 14. The van der Waals surface area contributed by atoms with E-state index in [9.17, 15) is 19.2 Å². The highest BCUT2D eigenvalue weighted by Gasteiger charge is 2.73. The molecule has 18 heteroatoms. The number of nitrogens with zero attached hydrogens (tertiary/aromatic N) is 4. The van der Waals surface area contributed by atoms with Gasteiger partial charge in [0.1, 0.15) is 58.9 Å². The van der Waals surface area contributed by atoms with Gasteiger partial charge in [-0.25, -0.2) is 9.59 Å². The quantitative estimate of drug-likeness (QED) is 0.0999. The van der Waals surface area contributed by atoms with Crippen molar-refractivity contribution in [2.75, 3.05) is 79.8 Å². The minimum Gasteiger partial charge on any atom is -0.443 e. The maximum atomic E-state index is 13.6.